The topological polar surface area (TPSA) is 24.3 Å². The molecule has 4 heterocycles. The van der Waals surface area contributed by atoms with E-state index < -0.39 is 0 Å². The normalized spacial score (nSPS) is 30.2. The van der Waals surface area contributed by atoms with Gasteiger partial charge in [0, 0.05) is 45.0 Å². The number of hydrogen-bond donors (Lipinski definition) is 0. The van der Waals surface area contributed by atoms with Crippen molar-refractivity contribution in [2.75, 3.05) is 19.3 Å². The number of piperidine rings is 1. The van der Waals surface area contributed by atoms with Crippen LogP contribution in [0.2, 0.25) is 0 Å². The molecule has 4 rings (SSSR count). The van der Waals surface area contributed by atoms with Crippen LogP contribution in [0.1, 0.15) is 19.0 Å². The maximum Gasteiger partial charge on any atom is 0.0947 e. The molecule has 100 valence electrons. The van der Waals surface area contributed by atoms with Crippen LogP contribution in [-0.4, -0.2) is 56.2 Å². The van der Waals surface area contributed by atoms with E-state index in [1.54, 1.807) is 0 Å². The molecule has 1 aromatic heterocycles. The summed E-state index contributed by atoms with van der Waals surface area (Å²) in [5.41, 5.74) is 1.21. The Morgan fingerprint density at radius 3 is 2.72 bits per heavy atom. The number of imidazole rings is 1. The summed E-state index contributed by atoms with van der Waals surface area (Å²) < 4.78 is 2.03. The van der Waals surface area contributed by atoms with Crippen molar-refractivity contribution < 1.29 is 0 Å². The zero-order valence-corrected chi connectivity index (χ0v) is 12.2. The van der Waals surface area contributed by atoms with E-state index in [1.807, 2.05) is 29.7 Å². The Bertz CT molecular complexity index is 407. The third-order valence-corrected chi connectivity index (χ3v) is 5.31. The Morgan fingerprint density at radius 1 is 1.44 bits per heavy atom. The Labute approximate surface area is 113 Å². The molecule has 4 nitrogen and oxygen atoms in total. The molecule has 0 aromatic carbocycles. The van der Waals surface area contributed by atoms with Gasteiger partial charge in [0.05, 0.1) is 17.4 Å². The first-order valence-electron chi connectivity index (χ1n) is 6.67. The number of hydrogen-bond acceptors (Lipinski definition) is 4. The summed E-state index contributed by atoms with van der Waals surface area (Å²) in [7, 11) is 2.04. The minimum Gasteiger partial charge on any atom is -0.340 e. The second-order valence-electron chi connectivity index (χ2n) is 5.54. The third-order valence-electron chi connectivity index (χ3n) is 4.33. The number of thioether (sulfide) groups is 1. The molecule has 0 amide bonds. The highest BCUT2D eigenvalue weighted by Gasteiger charge is 2.45. The zero-order valence-electron chi connectivity index (χ0n) is 11.4. The number of aryl methyl sites for hydroxylation is 1. The summed E-state index contributed by atoms with van der Waals surface area (Å²) in [6, 6.07) is 1.50. The van der Waals surface area contributed by atoms with Gasteiger partial charge < -0.3 is 4.57 Å². The lowest BCUT2D eigenvalue weighted by molar-refractivity contribution is -0.0772. The molecular formula is C13H22N4S. The van der Waals surface area contributed by atoms with Gasteiger partial charge in [-0.3, -0.25) is 9.80 Å². The summed E-state index contributed by atoms with van der Waals surface area (Å²) in [6.07, 6.45) is 7.62. The standard InChI is InChI=1S/C13H22N4S/c1-10(18-3)16-7-12-4-13(8-16)17(12)6-11-5-15(2)9-14-11/h5,9-10,12-13H,4,6-8H2,1-3H3. The molecule has 0 N–H and O–H groups in total. The first-order chi connectivity index (χ1) is 8.67. The lowest BCUT2D eigenvalue weighted by Gasteiger charge is -2.57. The fourth-order valence-corrected chi connectivity index (χ4v) is 3.63. The monoisotopic (exact) mass is 266 g/mol. The quantitative estimate of drug-likeness (QED) is 0.822. The van der Waals surface area contributed by atoms with Gasteiger partial charge in [-0.15, -0.1) is 11.8 Å². The van der Waals surface area contributed by atoms with Crippen molar-refractivity contribution in [1.29, 1.82) is 0 Å². The number of aromatic nitrogens is 2. The van der Waals surface area contributed by atoms with Gasteiger partial charge >= 0.3 is 0 Å². The van der Waals surface area contributed by atoms with Crippen molar-refractivity contribution in [3.63, 3.8) is 0 Å². The molecule has 3 atom stereocenters. The Morgan fingerprint density at radius 2 is 2.17 bits per heavy atom. The largest absolute Gasteiger partial charge is 0.340 e. The van der Waals surface area contributed by atoms with Crippen LogP contribution >= 0.6 is 11.8 Å². The smallest absolute Gasteiger partial charge is 0.0947 e. The SMILES string of the molecule is CSC(C)N1CC2CC(C1)N2Cc1cn(C)cn1. The van der Waals surface area contributed by atoms with Crippen molar-refractivity contribution in [2.24, 2.45) is 7.05 Å². The van der Waals surface area contributed by atoms with Crippen LogP contribution in [0.15, 0.2) is 12.5 Å². The third kappa shape index (κ3) is 2.19. The van der Waals surface area contributed by atoms with Crippen molar-refractivity contribution in [2.45, 2.75) is 37.3 Å². The molecule has 0 radical (unpaired) electrons. The van der Waals surface area contributed by atoms with E-state index in [0.717, 1.165) is 18.6 Å². The summed E-state index contributed by atoms with van der Waals surface area (Å²) in [6.45, 7) is 5.80. The van der Waals surface area contributed by atoms with Gasteiger partial charge in [-0.1, -0.05) is 0 Å². The second kappa shape index (κ2) is 4.87. The maximum atomic E-state index is 4.44. The van der Waals surface area contributed by atoms with Gasteiger partial charge in [0.25, 0.3) is 0 Å². The van der Waals surface area contributed by atoms with Crippen molar-refractivity contribution >= 4 is 11.8 Å². The summed E-state index contributed by atoms with van der Waals surface area (Å²) in [4.78, 5) is 9.69. The molecule has 3 saturated heterocycles. The van der Waals surface area contributed by atoms with Gasteiger partial charge in [-0.05, 0) is 19.6 Å². The van der Waals surface area contributed by atoms with Gasteiger partial charge in [0.15, 0.2) is 0 Å². The predicted molar refractivity (Wildman–Crippen MR) is 75.5 cm³/mol. The highest BCUT2D eigenvalue weighted by atomic mass is 32.2. The van der Waals surface area contributed by atoms with Crippen LogP contribution in [0.4, 0.5) is 0 Å². The average molecular weight is 266 g/mol. The van der Waals surface area contributed by atoms with Crippen LogP contribution in [0.25, 0.3) is 0 Å². The van der Waals surface area contributed by atoms with Crippen molar-refractivity contribution in [3.05, 3.63) is 18.2 Å². The fraction of sp³-hybridized carbons (Fsp3) is 0.769. The van der Waals surface area contributed by atoms with Crippen LogP contribution in [0.5, 0.6) is 0 Å². The highest BCUT2D eigenvalue weighted by molar-refractivity contribution is 7.99. The molecule has 18 heavy (non-hydrogen) atoms. The van der Waals surface area contributed by atoms with E-state index in [1.165, 1.54) is 25.2 Å². The van der Waals surface area contributed by atoms with Crippen LogP contribution in [-0.2, 0) is 13.6 Å². The first-order valence-corrected chi connectivity index (χ1v) is 7.95. The van der Waals surface area contributed by atoms with E-state index in [-0.39, 0.29) is 0 Å². The van der Waals surface area contributed by atoms with Crippen molar-refractivity contribution in [1.82, 2.24) is 19.4 Å². The molecule has 0 aliphatic carbocycles. The Balaban J connectivity index is 1.59. The second-order valence-corrected chi connectivity index (χ2v) is 6.69. The average Bonchev–Trinajstić information content (AvgIpc) is 2.80. The highest BCUT2D eigenvalue weighted by Crippen LogP contribution is 2.35. The molecule has 3 aliphatic heterocycles. The number of fused-ring (bicyclic) bond motifs is 2. The number of rotatable bonds is 4. The van der Waals surface area contributed by atoms with Gasteiger partial charge in [-0.25, -0.2) is 4.98 Å². The summed E-state index contributed by atoms with van der Waals surface area (Å²) in [5, 5.41) is 0.660. The number of nitrogens with zero attached hydrogens (tertiary/aromatic N) is 4. The summed E-state index contributed by atoms with van der Waals surface area (Å²) in [5.74, 6) is 0. The fourth-order valence-electron chi connectivity index (χ4n) is 3.16. The van der Waals surface area contributed by atoms with Gasteiger partial charge in [0.1, 0.15) is 0 Å². The van der Waals surface area contributed by atoms with Gasteiger partial charge in [-0.2, -0.15) is 0 Å². The Kier molecular flexibility index (Phi) is 3.38. The summed E-state index contributed by atoms with van der Waals surface area (Å²) >= 11 is 1.95. The van der Waals surface area contributed by atoms with E-state index in [4.69, 9.17) is 0 Å². The molecule has 1 aromatic rings. The lowest BCUT2D eigenvalue weighted by atomic mass is 9.87. The molecule has 5 heteroatoms. The Hall–Kier alpha value is -0.520. The molecular weight excluding hydrogens is 244 g/mol. The van der Waals surface area contributed by atoms with E-state index in [2.05, 4.69) is 34.2 Å². The first kappa shape index (κ1) is 12.5. The molecule has 2 bridgehead atoms. The predicted octanol–water partition coefficient (Wildman–Crippen LogP) is 1.39. The van der Waals surface area contributed by atoms with Crippen LogP contribution < -0.4 is 0 Å². The molecule has 3 aliphatic rings. The van der Waals surface area contributed by atoms with Crippen LogP contribution in [0, 0.1) is 0 Å². The number of piperazine rings is 1. The van der Waals surface area contributed by atoms with E-state index >= 15 is 0 Å². The molecule has 3 unspecified atom stereocenters. The minimum atomic E-state index is 0.660. The maximum absolute atomic E-state index is 4.44. The molecule has 3 fully saturated rings. The van der Waals surface area contributed by atoms with E-state index in [9.17, 15) is 0 Å². The molecule has 0 spiro atoms. The lowest BCUT2D eigenvalue weighted by Crippen LogP contribution is -2.68. The van der Waals surface area contributed by atoms with E-state index in [0.29, 0.717) is 5.37 Å². The van der Waals surface area contributed by atoms with Gasteiger partial charge in [0.2, 0.25) is 0 Å². The minimum absolute atomic E-state index is 0.660. The van der Waals surface area contributed by atoms with Crippen LogP contribution in [0.3, 0.4) is 0 Å². The zero-order chi connectivity index (χ0) is 12.7. The van der Waals surface area contributed by atoms with Crippen molar-refractivity contribution in [3.8, 4) is 0 Å². The molecule has 0 saturated carbocycles.